The van der Waals surface area contributed by atoms with Gasteiger partial charge < -0.3 is 5.32 Å². The number of para-hydroxylation sites is 1. The van der Waals surface area contributed by atoms with Crippen molar-refractivity contribution >= 4 is 5.69 Å². The normalized spacial score (nSPS) is 15.0. The van der Waals surface area contributed by atoms with Crippen LogP contribution in [0.25, 0.3) is 0 Å². The molecular weight excluding hydrogens is 234 g/mol. The first kappa shape index (κ1) is 11.1. The zero-order valence-corrected chi connectivity index (χ0v) is 9.66. The number of benzene rings is 1. The highest BCUT2D eigenvalue weighted by molar-refractivity contribution is 5.63. The average molecular weight is 246 g/mol. The van der Waals surface area contributed by atoms with Crippen LogP contribution in [-0.2, 0) is 6.42 Å². The topological polar surface area (TPSA) is 24.9 Å². The van der Waals surface area contributed by atoms with Gasteiger partial charge in [0.2, 0.25) is 0 Å². The van der Waals surface area contributed by atoms with Gasteiger partial charge in [-0.05, 0) is 18.1 Å². The minimum atomic E-state index is -1.35. The minimum Gasteiger partial charge on any atom is -0.384 e. The Morgan fingerprint density at radius 3 is 3.00 bits per heavy atom. The molecule has 18 heavy (non-hydrogen) atoms. The van der Waals surface area contributed by atoms with Crippen molar-refractivity contribution in [3.05, 3.63) is 59.2 Å². The molecule has 1 unspecified atom stereocenters. The summed E-state index contributed by atoms with van der Waals surface area (Å²) in [6.45, 7) is 0.820. The lowest BCUT2D eigenvalue weighted by atomic mass is 10.00. The molecule has 2 nitrogen and oxygen atoms in total. The number of hydrogen-bond acceptors (Lipinski definition) is 2. The van der Waals surface area contributed by atoms with Crippen LogP contribution < -0.4 is 5.32 Å². The highest BCUT2D eigenvalue weighted by Gasteiger charge is 2.21. The van der Waals surface area contributed by atoms with Crippen LogP contribution in [0.15, 0.2) is 36.7 Å². The van der Waals surface area contributed by atoms with Crippen molar-refractivity contribution in [2.24, 2.45) is 0 Å². The third-order valence-corrected chi connectivity index (χ3v) is 3.17. The molecule has 2 aromatic rings. The molecule has 1 atom stereocenters. The van der Waals surface area contributed by atoms with Gasteiger partial charge in [-0.1, -0.05) is 18.2 Å². The molecule has 1 N–H and O–H groups in total. The van der Waals surface area contributed by atoms with Crippen molar-refractivity contribution in [1.29, 1.82) is 0 Å². The highest BCUT2D eigenvalue weighted by Crippen LogP contribution is 2.35. The fourth-order valence-electron chi connectivity index (χ4n) is 2.32. The first-order valence-electron chi connectivity index (χ1n) is 5.86. The van der Waals surface area contributed by atoms with Crippen molar-refractivity contribution in [2.75, 3.05) is 11.9 Å². The number of nitrogens with one attached hydrogen (secondary N) is 1. The molecule has 1 aromatic carbocycles. The fourth-order valence-corrected chi connectivity index (χ4v) is 2.32. The standard InChI is InChI=1S/C14H12F2N2/c15-11-6-10(7-17-8-11)13(16)12-3-1-2-9-4-5-18-14(9)12/h1-3,6-8,13,18H,4-5H2. The number of hydrogen-bond donors (Lipinski definition) is 1. The van der Waals surface area contributed by atoms with E-state index in [2.05, 4.69) is 10.3 Å². The Morgan fingerprint density at radius 2 is 2.17 bits per heavy atom. The lowest BCUT2D eigenvalue weighted by Crippen LogP contribution is -2.01. The zero-order valence-electron chi connectivity index (χ0n) is 9.66. The number of alkyl halides is 1. The minimum absolute atomic E-state index is 0.247. The summed E-state index contributed by atoms with van der Waals surface area (Å²) in [7, 11) is 0. The monoisotopic (exact) mass is 246 g/mol. The molecule has 0 saturated carbocycles. The van der Waals surface area contributed by atoms with Crippen LogP contribution in [0.2, 0.25) is 0 Å². The second-order valence-electron chi connectivity index (χ2n) is 4.36. The fraction of sp³-hybridized carbons (Fsp3) is 0.214. The first-order valence-corrected chi connectivity index (χ1v) is 5.86. The average Bonchev–Trinajstić information content (AvgIpc) is 2.86. The van der Waals surface area contributed by atoms with Crippen molar-refractivity contribution < 1.29 is 8.78 Å². The molecule has 0 spiro atoms. The van der Waals surface area contributed by atoms with Gasteiger partial charge in [0.1, 0.15) is 5.82 Å². The van der Waals surface area contributed by atoms with Crippen molar-refractivity contribution in [3.8, 4) is 0 Å². The zero-order chi connectivity index (χ0) is 12.5. The summed E-state index contributed by atoms with van der Waals surface area (Å²) in [5.74, 6) is -0.518. The largest absolute Gasteiger partial charge is 0.384 e. The Kier molecular flexibility index (Phi) is 2.70. The summed E-state index contributed by atoms with van der Waals surface area (Å²) in [6.07, 6.45) is 1.98. The van der Waals surface area contributed by atoms with Crippen LogP contribution in [0.5, 0.6) is 0 Å². The van der Waals surface area contributed by atoms with Crippen molar-refractivity contribution in [3.63, 3.8) is 0 Å². The Hall–Kier alpha value is -1.97. The predicted molar refractivity (Wildman–Crippen MR) is 65.8 cm³/mol. The molecule has 92 valence electrons. The van der Waals surface area contributed by atoms with E-state index in [4.69, 9.17) is 0 Å². The maximum atomic E-state index is 14.5. The Balaban J connectivity index is 2.03. The van der Waals surface area contributed by atoms with E-state index in [1.165, 1.54) is 12.3 Å². The van der Waals surface area contributed by atoms with Gasteiger partial charge >= 0.3 is 0 Å². The maximum absolute atomic E-state index is 14.5. The third kappa shape index (κ3) is 1.83. The highest BCUT2D eigenvalue weighted by atomic mass is 19.1. The summed E-state index contributed by atoms with van der Waals surface area (Å²) in [5.41, 5.74) is 2.75. The summed E-state index contributed by atoms with van der Waals surface area (Å²) >= 11 is 0. The van der Waals surface area contributed by atoms with E-state index < -0.39 is 12.0 Å². The van der Waals surface area contributed by atoms with Crippen molar-refractivity contribution in [1.82, 2.24) is 4.98 Å². The molecule has 0 fully saturated rings. The van der Waals surface area contributed by atoms with E-state index in [9.17, 15) is 8.78 Å². The Labute approximate surface area is 104 Å². The second-order valence-corrected chi connectivity index (χ2v) is 4.36. The molecule has 0 amide bonds. The van der Waals surface area contributed by atoms with Gasteiger partial charge in [-0.2, -0.15) is 0 Å². The number of fused-ring (bicyclic) bond motifs is 1. The first-order chi connectivity index (χ1) is 8.75. The SMILES string of the molecule is Fc1cncc(C(F)c2cccc3c2NCC3)c1. The summed E-state index contributed by atoms with van der Waals surface area (Å²) < 4.78 is 27.5. The van der Waals surface area contributed by atoms with Crippen LogP contribution in [0, 0.1) is 5.82 Å². The van der Waals surface area contributed by atoms with E-state index in [0.717, 1.165) is 30.4 Å². The summed E-state index contributed by atoms with van der Waals surface area (Å²) in [5, 5.41) is 3.18. The number of aromatic nitrogens is 1. The quantitative estimate of drug-likeness (QED) is 0.879. The third-order valence-electron chi connectivity index (χ3n) is 3.17. The summed E-state index contributed by atoms with van der Waals surface area (Å²) in [4.78, 5) is 3.69. The van der Waals surface area contributed by atoms with Gasteiger partial charge in [0.15, 0.2) is 6.17 Å². The predicted octanol–water partition coefficient (Wildman–Crippen LogP) is 3.25. The van der Waals surface area contributed by atoms with Crippen molar-refractivity contribution in [2.45, 2.75) is 12.6 Å². The molecule has 2 heterocycles. The van der Waals surface area contributed by atoms with Crippen LogP contribution in [0.1, 0.15) is 22.9 Å². The second kappa shape index (κ2) is 4.37. The van der Waals surface area contributed by atoms with E-state index in [1.54, 1.807) is 6.07 Å². The number of anilines is 1. The van der Waals surface area contributed by atoms with E-state index >= 15 is 0 Å². The van der Waals surface area contributed by atoms with Crippen LogP contribution in [0.3, 0.4) is 0 Å². The number of nitrogens with zero attached hydrogens (tertiary/aromatic N) is 1. The molecule has 0 bridgehead atoms. The molecule has 1 aliphatic rings. The van der Waals surface area contributed by atoms with Gasteiger partial charge in [0.05, 0.1) is 6.20 Å². The van der Waals surface area contributed by atoms with Crippen LogP contribution >= 0.6 is 0 Å². The van der Waals surface area contributed by atoms with Gasteiger partial charge in [-0.25, -0.2) is 8.78 Å². The number of pyridine rings is 1. The van der Waals surface area contributed by atoms with E-state index in [-0.39, 0.29) is 5.56 Å². The Morgan fingerprint density at radius 1 is 1.28 bits per heavy atom. The molecule has 1 aliphatic heterocycles. The van der Waals surface area contributed by atoms with Gasteiger partial charge in [0, 0.05) is 29.6 Å². The smallest absolute Gasteiger partial charge is 0.154 e. The summed E-state index contributed by atoms with van der Waals surface area (Å²) in [6, 6.07) is 6.73. The van der Waals surface area contributed by atoms with E-state index in [1.807, 2.05) is 12.1 Å². The molecule has 1 aromatic heterocycles. The molecular formula is C14H12F2N2. The van der Waals surface area contributed by atoms with Crippen LogP contribution in [0.4, 0.5) is 14.5 Å². The van der Waals surface area contributed by atoms with Gasteiger partial charge in [-0.15, -0.1) is 0 Å². The lowest BCUT2D eigenvalue weighted by molar-refractivity contribution is 0.400. The molecule has 0 aliphatic carbocycles. The number of halogens is 2. The molecule has 0 radical (unpaired) electrons. The van der Waals surface area contributed by atoms with Crippen LogP contribution in [-0.4, -0.2) is 11.5 Å². The molecule has 0 saturated heterocycles. The van der Waals surface area contributed by atoms with Gasteiger partial charge in [-0.3, -0.25) is 4.98 Å². The number of rotatable bonds is 2. The lowest BCUT2D eigenvalue weighted by Gasteiger charge is -2.13. The Bertz CT molecular complexity index is 584. The molecule has 4 heteroatoms. The molecule has 3 rings (SSSR count). The van der Waals surface area contributed by atoms with Gasteiger partial charge in [0.25, 0.3) is 0 Å². The maximum Gasteiger partial charge on any atom is 0.154 e. The van der Waals surface area contributed by atoms with E-state index in [0.29, 0.717) is 5.56 Å².